The molecule has 94 heavy (non-hydrogen) atoms. The molecule has 6 heteroatoms. The predicted molar refractivity (Wildman–Crippen MR) is 396 cm³/mol. The molecule has 2 aromatic heterocycles. The summed E-state index contributed by atoms with van der Waals surface area (Å²) in [6.07, 6.45) is 8.54. The van der Waals surface area contributed by atoms with Gasteiger partial charge in [0.05, 0.1) is 11.4 Å². The number of fused-ring (bicyclic) bond motifs is 2. The van der Waals surface area contributed by atoms with E-state index in [1.165, 1.54) is 111 Å². The molecule has 0 radical (unpaired) electrons. The Kier molecular flexibility index (Phi) is 14.4. The van der Waals surface area contributed by atoms with Crippen LogP contribution in [0.2, 0.25) is 0 Å². The Morgan fingerprint density at radius 2 is 0.500 bits per heavy atom. The van der Waals surface area contributed by atoms with Gasteiger partial charge in [0.1, 0.15) is 0 Å². The molecule has 14 aromatic carbocycles. The lowest BCUT2D eigenvalue weighted by Crippen LogP contribution is -2.12. The van der Waals surface area contributed by atoms with Gasteiger partial charge in [-0.15, -0.1) is 0 Å². The molecule has 2 heterocycles. The highest BCUT2D eigenvalue weighted by Crippen LogP contribution is 2.47. The Bertz CT molecular complexity index is 5010. The van der Waals surface area contributed by atoms with Gasteiger partial charge >= 0.3 is 0 Å². The summed E-state index contributed by atoms with van der Waals surface area (Å²) in [6, 6.07) is 118. The second-order valence-corrected chi connectivity index (χ2v) is 24.5. The maximum atomic E-state index is 3.44. The van der Waals surface area contributed by atoms with Gasteiger partial charge in [0.2, 0.25) is 0 Å². The van der Waals surface area contributed by atoms with Crippen molar-refractivity contribution in [2.75, 3.05) is 19.6 Å². The number of rotatable bonds is 14. The minimum atomic E-state index is 1.07. The van der Waals surface area contributed by atoms with Gasteiger partial charge in [-0.05, 0) is 213 Å². The molecular weight excluding hydrogens is 1140 g/mol. The molecule has 0 atom stereocenters. The van der Waals surface area contributed by atoms with E-state index in [1.54, 1.807) is 0 Å². The van der Waals surface area contributed by atoms with Crippen molar-refractivity contribution in [3.8, 4) is 22.3 Å². The van der Waals surface area contributed by atoms with Gasteiger partial charge in [-0.2, -0.15) is 0 Å². The van der Waals surface area contributed by atoms with Crippen LogP contribution in [0, 0.1) is 0 Å². The highest BCUT2D eigenvalue weighted by Gasteiger charge is 2.26. The Morgan fingerprint density at radius 1 is 0.213 bits per heavy atom. The summed E-state index contributed by atoms with van der Waals surface area (Å²) >= 11 is 0. The summed E-state index contributed by atoms with van der Waals surface area (Å²) in [7, 11) is 0. The van der Waals surface area contributed by atoms with Crippen molar-refractivity contribution in [3.63, 3.8) is 0 Å². The molecular formula is C88H66N6. The minimum absolute atomic E-state index is 1.07. The van der Waals surface area contributed by atoms with Crippen LogP contribution in [0.4, 0.5) is 68.2 Å². The molecule has 0 saturated heterocycles. The second-order valence-electron chi connectivity index (χ2n) is 24.5. The number of nitrogens with one attached hydrogen (secondary N) is 2. The molecule has 0 aliphatic heterocycles. The Hall–Kier alpha value is -12.1. The van der Waals surface area contributed by atoms with Crippen molar-refractivity contribution in [1.29, 1.82) is 0 Å². The lowest BCUT2D eigenvalue weighted by molar-refractivity contribution is 1.02. The number of nitrogens with zero attached hydrogens (tertiary/aromatic N) is 4. The normalized spacial score (nSPS) is 12.1. The third kappa shape index (κ3) is 10.3. The van der Waals surface area contributed by atoms with Crippen molar-refractivity contribution in [3.05, 3.63) is 362 Å². The quantitative estimate of drug-likeness (QED) is 0.114. The highest BCUT2D eigenvalue weighted by atomic mass is 15.2. The fourth-order valence-corrected chi connectivity index (χ4v) is 14.6. The summed E-state index contributed by atoms with van der Waals surface area (Å²) < 4.78 is 0. The Balaban J connectivity index is 0.000000144. The molecule has 2 aliphatic rings. The number of H-pyrrole nitrogens is 2. The second kappa shape index (κ2) is 24.3. The van der Waals surface area contributed by atoms with Crippen molar-refractivity contribution < 1.29 is 0 Å². The van der Waals surface area contributed by atoms with E-state index in [9.17, 15) is 0 Å². The molecule has 0 fully saturated rings. The van der Waals surface area contributed by atoms with Crippen LogP contribution in [0.1, 0.15) is 22.3 Å². The smallest absolute Gasteiger partial charge is 0.0714 e. The van der Waals surface area contributed by atoms with Crippen LogP contribution in [0.3, 0.4) is 0 Å². The summed E-state index contributed by atoms with van der Waals surface area (Å²) in [6.45, 7) is 0. The van der Waals surface area contributed by atoms with E-state index in [2.05, 4.69) is 370 Å². The van der Waals surface area contributed by atoms with Crippen molar-refractivity contribution in [1.82, 2.24) is 9.97 Å². The zero-order valence-corrected chi connectivity index (χ0v) is 51.9. The van der Waals surface area contributed by atoms with Crippen LogP contribution in [0.25, 0.3) is 65.6 Å². The van der Waals surface area contributed by atoms with Gasteiger partial charge in [-0.25, -0.2) is 0 Å². The minimum Gasteiger partial charge on any atom is -0.359 e. The lowest BCUT2D eigenvalue weighted by atomic mass is 10.0. The number of anilines is 12. The largest absolute Gasteiger partial charge is 0.359 e. The molecule has 0 amide bonds. The zero-order valence-electron chi connectivity index (χ0n) is 51.9. The van der Waals surface area contributed by atoms with E-state index in [1.807, 2.05) is 0 Å². The molecule has 6 nitrogen and oxygen atoms in total. The Morgan fingerprint density at radius 3 is 0.830 bits per heavy atom. The van der Waals surface area contributed by atoms with Crippen molar-refractivity contribution >= 4 is 112 Å². The van der Waals surface area contributed by atoms with Crippen LogP contribution < -0.4 is 19.6 Å². The summed E-state index contributed by atoms with van der Waals surface area (Å²) in [5.74, 6) is 0. The molecule has 18 rings (SSSR count). The van der Waals surface area contributed by atoms with E-state index in [0.29, 0.717) is 0 Å². The molecule has 0 saturated carbocycles. The number of aromatic nitrogens is 2. The topological polar surface area (TPSA) is 44.5 Å². The monoisotopic (exact) mass is 1210 g/mol. The van der Waals surface area contributed by atoms with Gasteiger partial charge < -0.3 is 29.6 Å². The lowest BCUT2D eigenvalue weighted by Gasteiger charge is -2.28. The van der Waals surface area contributed by atoms with Crippen molar-refractivity contribution in [2.45, 2.75) is 25.7 Å². The van der Waals surface area contributed by atoms with Gasteiger partial charge in [-0.1, -0.05) is 206 Å². The van der Waals surface area contributed by atoms with Gasteiger partial charge in [0, 0.05) is 91.1 Å². The van der Waals surface area contributed by atoms with E-state index in [0.717, 1.165) is 70.8 Å². The maximum Gasteiger partial charge on any atom is 0.0714 e. The zero-order chi connectivity index (χ0) is 62.3. The van der Waals surface area contributed by atoms with Crippen LogP contribution in [0.5, 0.6) is 0 Å². The van der Waals surface area contributed by atoms with Crippen LogP contribution >= 0.6 is 0 Å². The number of aryl methyl sites for hydroxylation is 4. The number of para-hydroxylation sites is 6. The standard InChI is InChI=1S/C48H36N2.C40H30N4/c1-3-13-39(14-4-1)49(45-31-23-37-11-7-9-35-21-29-43(45)47(35)37)41-25-17-33(18-26-41)34-19-27-42(28-20-34)50(40-15-5-2-6-16-40)46-32-24-38-12-8-10-36-22-30-44(46)48(36)38;1-3-11-31(12-4-1)43(39-27-41-37-17-9-7-15-35(37)39)33-23-19-29(20-24-33)30-21-25-34(26-22-30)44(32-13-5-2-6-14-32)40-28-42-38-18-10-8-16-36(38)40/h1-20,23-28,31-32H,21-22,29-30H2;1-28,41-42H. The molecule has 0 bridgehead atoms. The number of aromatic amines is 2. The van der Waals surface area contributed by atoms with E-state index < -0.39 is 0 Å². The van der Waals surface area contributed by atoms with Crippen LogP contribution in [-0.2, 0) is 25.7 Å². The van der Waals surface area contributed by atoms with Gasteiger partial charge in [0.25, 0.3) is 0 Å². The van der Waals surface area contributed by atoms with Crippen molar-refractivity contribution in [2.24, 2.45) is 0 Å². The predicted octanol–water partition coefficient (Wildman–Crippen LogP) is 24.1. The third-order valence-electron chi connectivity index (χ3n) is 19.0. The summed E-state index contributed by atoms with van der Waals surface area (Å²) in [5.41, 5.74) is 26.8. The average Bonchev–Trinajstić information content (AvgIpc) is 1.62. The fourth-order valence-electron chi connectivity index (χ4n) is 14.6. The fraction of sp³-hybridized carbons (Fsp3) is 0.0455. The molecule has 2 aliphatic carbocycles. The summed E-state index contributed by atoms with van der Waals surface area (Å²) in [5, 5.41) is 7.93. The highest BCUT2D eigenvalue weighted by molar-refractivity contribution is 6.02. The van der Waals surface area contributed by atoms with Crippen LogP contribution in [-0.4, -0.2) is 9.97 Å². The van der Waals surface area contributed by atoms with E-state index in [-0.39, 0.29) is 0 Å². The molecule has 0 unspecified atom stereocenters. The summed E-state index contributed by atoms with van der Waals surface area (Å²) in [4.78, 5) is 16.4. The Labute approximate surface area is 548 Å². The maximum absolute atomic E-state index is 3.44. The third-order valence-corrected chi connectivity index (χ3v) is 19.0. The van der Waals surface area contributed by atoms with Gasteiger partial charge in [-0.3, -0.25) is 0 Å². The molecule has 0 spiro atoms. The number of hydrogen-bond acceptors (Lipinski definition) is 4. The number of benzene rings is 14. The van der Waals surface area contributed by atoms with E-state index in [4.69, 9.17) is 0 Å². The molecule has 16 aromatic rings. The first-order valence-electron chi connectivity index (χ1n) is 32.6. The first-order valence-corrected chi connectivity index (χ1v) is 32.6. The SMILES string of the molecule is c1ccc(N(c2ccc(-c3ccc(N(c4ccccc4)c4c[nH]c5ccccc45)cc3)cc2)c2c[nH]c3ccccc23)cc1.c1ccc(N(c2ccc(-c3ccc(N(c4ccccc4)c4ccc5cccc6c5c4CC6)cc3)cc2)c2ccc3cccc4c3c2CC4)cc1. The molecule has 2 N–H and O–H groups in total. The average molecular weight is 1210 g/mol. The van der Waals surface area contributed by atoms with Crippen LogP contribution in [0.15, 0.2) is 340 Å². The molecule has 448 valence electrons. The number of hydrogen-bond donors (Lipinski definition) is 2. The first-order chi connectivity index (χ1) is 46.6. The van der Waals surface area contributed by atoms with E-state index >= 15 is 0 Å². The first kappa shape index (κ1) is 55.9. The van der Waals surface area contributed by atoms with Gasteiger partial charge in [0.15, 0.2) is 0 Å².